The molecule has 0 bridgehead atoms. The van der Waals surface area contributed by atoms with Crippen molar-refractivity contribution < 1.29 is 13.2 Å². The second kappa shape index (κ2) is 5.63. The Bertz CT molecular complexity index is 870. The minimum Gasteiger partial charge on any atom is -0.340 e. The van der Waals surface area contributed by atoms with Crippen molar-refractivity contribution in [2.75, 3.05) is 19.3 Å². The van der Waals surface area contributed by atoms with Gasteiger partial charge in [-0.1, -0.05) is 0 Å². The van der Waals surface area contributed by atoms with Gasteiger partial charge in [0.1, 0.15) is 5.65 Å². The molecule has 0 aromatic carbocycles. The van der Waals surface area contributed by atoms with Crippen LogP contribution in [0.2, 0.25) is 0 Å². The van der Waals surface area contributed by atoms with E-state index in [1.807, 2.05) is 30.5 Å². The predicted molar refractivity (Wildman–Crippen MR) is 88.4 cm³/mol. The average molecular weight is 335 g/mol. The summed E-state index contributed by atoms with van der Waals surface area (Å²) < 4.78 is 25.8. The van der Waals surface area contributed by atoms with Crippen molar-refractivity contribution in [2.24, 2.45) is 0 Å². The number of hydrogen-bond acceptors (Lipinski definition) is 4. The molecule has 3 heterocycles. The summed E-state index contributed by atoms with van der Waals surface area (Å²) in [7, 11) is -1.40. The van der Waals surface area contributed by atoms with Gasteiger partial charge in [-0.15, -0.1) is 0 Å². The molecule has 1 aliphatic rings. The highest BCUT2D eigenvalue weighted by Gasteiger charge is 2.33. The summed E-state index contributed by atoms with van der Waals surface area (Å²) in [6.45, 7) is 4.09. The van der Waals surface area contributed by atoms with Crippen LogP contribution in [-0.4, -0.2) is 53.2 Å². The number of fused-ring (bicyclic) bond motifs is 1. The fraction of sp³-hybridized carbons (Fsp3) is 0.500. The first-order chi connectivity index (χ1) is 10.8. The quantitative estimate of drug-likeness (QED) is 0.854. The zero-order valence-corrected chi connectivity index (χ0v) is 14.4. The first-order valence-electron chi connectivity index (χ1n) is 7.72. The highest BCUT2D eigenvalue weighted by Crippen LogP contribution is 2.22. The Morgan fingerprint density at radius 1 is 1.43 bits per heavy atom. The largest absolute Gasteiger partial charge is 0.340 e. The molecule has 23 heavy (non-hydrogen) atoms. The molecule has 1 aliphatic heterocycles. The third-order valence-corrected chi connectivity index (χ3v) is 6.72. The third kappa shape index (κ3) is 2.85. The Morgan fingerprint density at radius 2 is 2.17 bits per heavy atom. The Balaban J connectivity index is 1.88. The van der Waals surface area contributed by atoms with Crippen LogP contribution in [0.5, 0.6) is 0 Å². The van der Waals surface area contributed by atoms with Gasteiger partial charge in [-0.05, 0) is 38.8 Å². The molecule has 1 saturated heterocycles. The summed E-state index contributed by atoms with van der Waals surface area (Å²) >= 11 is 0. The maximum atomic E-state index is 12.7. The Kier molecular flexibility index (Phi) is 3.91. The van der Waals surface area contributed by atoms with Crippen molar-refractivity contribution in [3.63, 3.8) is 0 Å². The maximum absolute atomic E-state index is 12.7. The normalized spacial score (nSPS) is 20.0. The van der Waals surface area contributed by atoms with Crippen LogP contribution in [0.15, 0.2) is 18.3 Å². The lowest BCUT2D eigenvalue weighted by molar-refractivity contribution is 0.0796. The van der Waals surface area contributed by atoms with Gasteiger partial charge in [0.25, 0.3) is 5.91 Å². The summed E-state index contributed by atoms with van der Waals surface area (Å²) in [6, 6.07) is 3.70. The van der Waals surface area contributed by atoms with Crippen LogP contribution >= 0.6 is 0 Å². The van der Waals surface area contributed by atoms with Gasteiger partial charge < -0.3 is 9.30 Å². The Hall–Kier alpha value is -1.89. The lowest BCUT2D eigenvalue weighted by Gasteiger charge is -2.20. The predicted octanol–water partition coefficient (Wildman–Crippen LogP) is 1.60. The van der Waals surface area contributed by atoms with Crippen LogP contribution in [0.4, 0.5) is 0 Å². The number of carbonyl (C=O) groups is 1. The van der Waals surface area contributed by atoms with Crippen molar-refractivity contribution in [1.29, 1.82) is 0 Å². The van der Waals surface area contributed by atoms with E-state index in [1.54, 1.807) is 13.1 Å². The van der Waals surface area contributed by atoms with Gasteiger partial charge in [-0.3, -0.25) is 4.79 Å². The van der Waals surface area contributed by atoms with Gasteiger partial charge in [0, 0.05) is 31.2 Å². The number of nitrogens with zero attached hydrogens (tertiary/aromatic N) is 3. The highest BCUT2D eigenvalue weighted by molar-refractivity contribution is 7.92. The molecular formula is C16H21N3O3S. The Morgan fingerprint density at radius 3 is 2.83 bits per heavy atom. The monoisotopic (exact) mass is 335 g/mol. The smallest absolute Gasteiger partial charge is 0.257 e. The number of aryl methyl sites for hydroxylation is 2. The summed E-state index contributed by atoms with van der Waals surface area (Å²) in [5.74, 6) is 0.0431. The zero-order valence-electron chi connectivity index (χ0n) is 13.6. The summed E-state index contributed by atoms with van der Waals surface area (Å²) in [4.78, 5) is 18.7. The van der Waals surface area contributed by atoms with Crippen molar-refractivity contribution in [3.05, 3.63) is 35.3 Å². The van der Waals surface area contributed by atoms with E-state index in [1.165, 1.54) is 4.90 Å². The standard InChI is InChI=1S/C16H21N3O3S/c1-11-9-12(2)19-7-6-14(15(19)17-11)16(20)18(3)10-13-5-4-8-23(13,21)22/h6-7,9,13H,4-5,8,10H2,1-3H3. The summed E-state index contributed by atoms with van der Waals surface area (Å²) in [6.07, 6.45) is 3.14. The zero-order chi connectivity index (χ0) is 16.8. The first kappa shape index (κ1) is 16.0. The molecular weight excluding hydrogens is 314 g/mol. The van der Waals surface area contributed by atoms with Gasteiger partial charge in [0.05, 0.1) is 16.6 Å². The number of rotatable bonds is 3. The van der Waals surface area contributed by atoms with Gasteiger partial charge in [0.2, 0.25) is 0 Å². The second-order valence-electron chi connectivity index (χ2n) is 6.28. The van der Waals surface area contributed by atoms with E-state index in [2.05, 4.69) is 4.98 Å². The van der Waals surface area contributed by atoms with E-state index < -0.39 is 15.1 Å². The molecule has 0 N–H and O–H groups in total. The Labute approximate surface area is 136 Å². The molecule has 3 rings (SSSR count). The molecule has 1 amide bonds. The minimum absolute atomic E-state index is 0.188. The molecule has 1 atom stereocenters. The summed E-state index contributed by atoms with van der Waals surface area (Å²) in [5.41, 5.74) is 2.99. The molecule has 124 valence electrons. The van der Waals surface area contributed by atoms with Crippen LogP contribution in [0.1, 0.15) is 34.6 Å². The van der Waals surface area contributed by atoms with Gasteiger partial charge >= 0.3 is 0 Å². The lowest BCUT2D eigenvalue weighted by Crippen LogP contribution is -2.36. The van der Waals surface area contributed by atoms with Gasteiger partial charge in [0.15, 0.2) is 9.84 Å². The van der Waals surface area contributed by atoms with Crippen LogP contribution in [0.3, 0.4) is 0 Å². The van der Waals surface area contributed by atoms with Crippen LogP contribution < -0.4 is 0 Å². The molecule has 0 radical (unpaired) electrons. The SMILES string of the molecule is Cc1cc(C)n2ccc(C(=O)N(C)CC3CCCS3(=O)=O)c2n1. The minimum atomic E-state index is -3.06. The van der Waals surface area contributed by atoms with E-state index in [9.17, 15) is 13.2 Å². The molecule has 7 heteroatoms. The fourth-order valence-corrected chi connectivity index (χ4v) is 5.10. The highest BCUT2D eigenvalue weighted by atomic mass is 32.2. The number of hydrogen-bond donors (Lipinski definition) is 0. The molecule has 0 saturated carbocycles. The van der Waals surface area contributed by atoms with Gasteiger partial charge in [-0.2, -0.15) is 0 Å². The maximum Gasteiger partial charge on any atom is 0.257 e. The van der Waals surface area contributed by atoms with E-state index >= 15 is 0 Å². The molecule has 1 unspecified atom stereocenters. The van der Waals surface area contributed by atoms with Crippen LogP contribution in [0, 0.1) is 13.8 Å². The molecule has 1 fully saturated rings. The number of aromatic nitrogens is 2. The van der Waals surface area contributed by atoms with E-state index in [-0.39, 0.29) is 18.2 Å². The number of carbonyl (C=O) groups excluding carboxylic acids is 1. The van der Waals surface area contributed by atoms with Gasteiger partial charge in [-0.25, -0.2) is 13.4 Å². The molecule has 0 spiro atoms. The number of amides is 1. The molecule has 0 aliphatic carbocycles. The van der Waals surface area contributed by atoms with Crippen LogP contribution in [-0.2, 0) is 9.84 Å². The molecule has 2 aromatic rings. The summed E-state index contributed by atoms with van der Waals surface area (Å²) in [5, 5.41) is -0.443. The van der Waals surface area contributed by atoms with Crippen molar-refractivity contribution in [1.82, 2.24) is 14.3 Å². The number of sulfone groups is 1. The lowest BCUT2D eigenvalue weighted by atomic mass is 10.2. The topological polar surface area (TPSA) is 71.8 Å². The molecule has 2 aromatic heterocycles. The van der Waals surface area contributed by atoms with E-state index in [4.69, 9.17) is 0 Å². The second-order valence-corrected chi connectivity index (χ2v) is 8.68. The third-order valence-electron chi connectivity index (χ3n) is 4.46. The van der Waals surface area contributed by atoms with E-state index in [0.717, 1.165) is 11.4 Å². The van der Waals surface area contributed by atoms with E-state index in [0.29, 0.717) is 24.1 Å². The average Bonchev–Trinajstić information content (AvgIpc) is 3.02. The molecule has 6 nitrogen and oxygen atoms in total. The van der Waals surface area contributed by atoms with Crippen LogP contribution in [0.25, 0.3) is 5.65 Å². The van der Waals surface area contributed by atoms with Crippen molar-refractivity contribution in [3.8, 4) is 0 Å². The van der Waals surface area contributed by atoms with Crippen molar-refractivity contribution in [2.45, 2.75) is 31.9 Å². The fourth-order valence-electron chi connectivity index (χ4n) is 3.22. The van der Waals surface area contributed by atoms with Crippen molar-refractivity contribution >= 4 is 21.4 Å². The first-order valence-corrected chi connectivity index (χ1v) is 9.43.